The number of hydrogen-bond acceptors (Lipinski definition) is 9. The van der Waals surface area contributed by atoms with Crippen molar-refractivity contribution in [3.8, 4) is 0 Å². The molecule has 0 saturated heterocycles. The van der Waals surface area contributed by atoms with E-state index in [-0.39, 0.29) is 72.4 Å². The molecule has 62 valence electrons. The van der Waals surface area contributed by atoms with E-state index in [1.807, 2.05) is 0 Å². The van der Waals surface area contributed by atoms with Gasteiger partial charge in [0.1, 0.15) is 0 Å². The first-order valence-corrected chi connectivity index (χ1v) is 1.10. The van der Waals surface area contributed by atoms with Gasteiger partial charge in [-0.25, -0.2) is 0 Å². The van der Waals surface area contributed by atoms with Crippen LogP contribution < -0.4 is 51.4 Å². The van der Waals surface area contributed by atoms with Crippen LogP contribution in [0.25, 0.3) is 0 Å². The van der Waals surface area contributed by atoms with E-state index in [2.05, 4.69) is 0 Å². The number of hydrogen-bond donors (Lipinski definition) is 0. The summed E-state index contributed by atoms with van der Waals surface area (Å²) in [6.45, 7) is 0. The van der Waals surface area contributed by atoms with E-state index in [9.17, 15) is 0 Å². The van der Waals surface area contributed by atoms with Crippen molar-refractivity contribution in [2.24, 2.45) is 16.0 Å². The molecule has 0 radical (unpaired) electrons. The molecule has 0 amide bonds. The summed E-state index contributed by atoms with van der Waals surface area (Å²) in [7, 11) is 0. The van der Waals surface area contributed by atoms with Crippen molar-refractivity contribution in [3.05, 3.63) is 30.3 Å². The van der Waals surface area contributed by atoms with Crippen molar-refractivity contribution in [2.45, 2.75) is 0 Å². The van der Waals surface area contributed by atoms with Gasteiger partial charge in [0, 0.05) is 0 Å². The molecule has 0 atom stereocenters. The van der Waals surface area contributed by atoms with Crippen molar-refractivity contribution in [1.29, 1.82) is 0 Å². The van der Waals surface area contributed by atoms with E-state index in [1.54, 1.807) is 0 Å². The predicted octanol–water partition coefficient (Wildman–Crippen LogP) is -2.25. The Bertz CT molecular complexity index is 54.6. The van der Waals surface area contributed by atoms with E-state index in [0.717, 1.165) is 16.0 Å². The molecule has 0 aromatic heterocycles. The molecule has 0 spiro atoms. The van der Waals surface area contributed by atoms with Crippen LogP contribution in [-0.4, -0.2) is 0 Å². The molecular formula is KN3O6Pt. The van der Waals surface area contributed by atoms with Gasteiger partial charge in [-0.15, -0.1) is 16.0 Å². The van der Waals surface area contributed by atoms with Gasteiger partial charge in [-0.2, -0.15) is 0 Å². The van der Waals surface area contributed by atoms with Crippen LogP contribution in [0.2, 0.25) is 0 Å². The summed E-state index contributed by atoms with van der Waals surface area (Å²) in [6, 6.07) is 0. The second kappa shape index (κ2) is 76.9. The first-order chi connectivity index (χ1) is 4.24. The van der Waals surface area contributed by atoms with Crippen LogP contribution in [-0.2, 0) is 21.1 Å². The molecule has 0 N–H and O–H groups in total. The molecule has 0 unspecified atom stereocenters. The average Bonchev–Trinajstić information content (AvgIpc) is 1.70. The Morgan fingerprint density at radius 1 is 0.727 bits per heavy atom. The third kappa shape index (κ3) is 2780. The Labute approximate surface area is 117 Å². The normalized spacial score (nSPS) is 3.27. The van der Waals surface area contributed by atoms with Crippen LogP contribution in [0.1, 0.15) is 0 Å². The molecule has 0 rings (SSSR count). The Balaban J connectivity index is -0.0000000150. The van der Waals surface area contributed by atoms with Crippen LogP contribution >= 0.6 is 0 Å². The van der Waals surface area contributed by atoms with E-state index in [1.165, 1.54) is 0 Å². The van der Waals surface area contributed by atoms with Crippen LogP contribution in [0, 0.1) is 30.3 Å². The predicted molar refractivity (Wildman–Crippen MR) is 27.5 cm³/mol. The first-order valence-electron chi connectivity index (χ1n) is 1.10. The summed E-state index contributed by atoms with van der Waals surface area (Å²) in [6.07, 6.45) is 0. The van der Waals surface area contributed by atoms with Crippen molar-refractivity contribution in [3.63, 3.8) is 0 Å². The minimum Gasteiger partial charge on any atom is -0.444 e. The molecule has 0 aromatic rings. The minimum absolute atomic E-state index is 0. The standard InChI is InChI=1S/K.3HNO2.Pt/c;3*2-1-3;/h;3*(H,2,3);/q+1;;;;+2/p-3. The van der Waals surface area contributed by atoms with Gasteiger partial charge in [0.15, 0.2) is 0 Å². The second-order valence-corrected chi connectivity index (χ2v) is 0.224. The van der Waals surface area contributed by atoms with Crippen LogP contribution in [0.15, 0.2) is 16.0 Å². The van der Waals surface area contributed by atoms with Gasteiger partial charge in [-0.1, -0.05) is 0 Å². The van der Waals surface area contributed by atoms with Crippen LogP contribution in [0.5, 0.6) is 0 Å². The maximum atomic E-state index is 8.00. The van der Waals surface area contributed by atoms with Gasteiger partial charge in [-0.3, -0.25) is 0 Å². The summed E-state index contributed by atoms with van der Waals surface area (Å²) in [5.74, 6) is 0. The molecule has 0 aliphatic heterocycles. The minimum atomic E-state index is 0. The zero-order valence-electron chi connectivity index (χ0n) is 5.11. The molecule has 0 fully saturated rings. The van der Waals surface area contributed by atoms with E-state index < -0.39 is 0 Å². The van der Waals surface area contributed by atoms with Gasteiger partial charge in [0.05, 0.1) is 0 Å². The van der Waals surface area contributed by atoms with Crippen LogP contribution in [0.3, 0.4) is 0 Å². The molecule has 0 aliphatic carbocycles. The van der Waals surface area contributed by atoms with Gasteiger partial charge >= 0.3 is 72.4 Å². The largest absolute Gasteiger partial charge is 2.00 e. The van der Waals surface area contributed by atoms with E-state index in [0.29, 0.717) is 0 Å². The Kier molecular flexibility index (Phi) is 210. The zero-order valence-corrected chi connectivity index (χ0v) is 10.5. The number of nitrogens with zero attached hydrogens (tertiary/aromatic N) is 3. The molecule has 11 heteroatoms. The monoisotopic (exact) mass is 372 g/mol. The number of rotatable bonds is 0. The Hall–Kier alpha value is 0.525. The van der Waals surface area contributed by atoms with Crippen molar-refractivity contribution in [1.82, 2.24) is 0 Å². The zero-order chi connectivity index (χ0) is 8.12. The SMILES string of the molecule is O=N[O-].O=N[O-].O=N[O-].[K+].[Pt+2]. The molecule has 0 aromatic carbocycles. The van der Waals surface area contributed by atoms with Gasteiger partial charge < -0.3 is 30.3 Å². The first kappa shape index (κ1) is 30.0. The molecule has 0 bridgehead atoms. The van der Waals surface area contributed by atoms with E-state index in [4.69, 9.17) is 30.3 Å². The quantitative estimate of drug-likeness (QED) is 0.266. The summed E-state index contributed by atoms with van der Waals surface area (Å²) in [4.78, 5) is 24.0. The fourth-order valence-corrected chi connectivity index (χ4v) is 0. The molecule has 9 nitrogen and oxygen atoms in total. The summed E-state index contributed by atoms with van der Waals surface area (Å²) >= 11 is 0. The van der Waals surface area contributed by atoms with Gasteiger partial charge in [-0.05, 0) is 0 Å². The fourth-order valence-electron chi connectivity index (χ4n) is 0. The average molecular weight is 372 g/mol. The summed E-state index contributed by atoms with van der Waals surface area (Å²) in [5, 5.41) is 27.0. The van der Waals surface area contributed by atoms with Gasteiger partial charge in [0.2, 0.25) is 0 Å². The fraction of sp³-hybridized carbons (Fsp3) is 0. The topological polar surface area (TPSA) is 157 Å². The van der Waals surface area contributed by atoms with Crippen molar-refractivity contribution < 1.29 is 72.4 Å². The van der Waals surface area contributed by atoms with Crippen molar-refractivity contribution in [2.75, 3.05) is 0 Å². The molecule has 0 saturated carbocycles. The second-order valence-electron chi connectivity index (χ2n) is 0.224. The molecule has 0 heterocycles. The van der Waals surface area contributed by atoms with Crippen LogP contribution in [0.4, 0.5) is 0 Å². The third-order valence-electron chi connectivity index (χ3n) is 0. The smallest absolute Gasteiger partial charge is 0.444 e. The Morgan fingerprint density at radius 3 is 0.727 bits per heavy atom. The third-order valence-corrected chi connectivity index (χ3v) is 0. The maximum Gasteiger partial charge on any atom is 2.00 e. The molecule has 11 heavy (non-hydrogen) atoms. The van der Waals surface area contributed by atoms with Gasteiger partial charge in [0.25, 0.3) is 0 Å². The molecule has 0 aliphatic rings. The Morgan fingerprint density at radius 2 is 0.727 bits per heavy atom. The molecular weight excluding hydrogens is 372 g/mol. The summed E-state index contributed by atoms with van der Waals surface area (Å²) < 4.78 is 0. The van der Waals surface area contributed by atoms with E-state index >= 15 is 0 Å². The summed E-state index contributed by atoms with van der Waals surface area (Å²) in [5.41, 5.74) is 0. The maximum absolute atomic E-state index is 8.00. The van der Waals surface area contributed by atoms with Crippen molar-refractivity contribution >= 4 is 0 Å².